The van der Waals surface area contributed by atoms with E-state index in [9.17, 15) is 5.11 Å². The molecule has 0 unspecified atom stereocenters. The Morgan fingerprint density at radius 1 is 1.54 bits per heavy atom. The number of hydrogen-bond donors (Lipinski definition) is 1. The lowest BCUT2D eigenvalue weighted by molar-refractivity contribution is 0.0732. The van der Waals surface area contributed by atoms with Gasteiger partial charge >= 0.3 is 0 Å². The lowest BCUT2D eigenvalue weighted by Gasteiger charge is -2.20. The summed E-state index contributed by atoms with van der Waals surface area (Å²) in [4.78, 5) is 4.18. The zero-order chi connectivity index (χ0) is 9.15. The molecule has 1 aliphatic rings. The van der Waals surface area contributed by atoms with Gasteiger partial charge in [0.05, 0.1) is 5.60 Å². The van der Waals surface area contributed by atoms with E-state index in [0.29, 0.717) is 0 Å². The molecule has 0 bridgehead atoms. The number of thiazole rings is 1. The van der Waals surface area contributed by atoms with Crippen molar-refractivity contribution >= 4 is 23.1 Å². The number of aliphatic hydroxyl groups is 1. The van der Waals surface area contributed by atoms with Crippen LogP contribution in [0.4, 0.5) is 0 Å². The third-order valence-corrected chi connectivity index (χ3v) is 4.65. The van der Waals surface area contributed by atoms with Gasteiger partial charge in [0.2, 0.25) is 0 Å². The standard InChI is InChI=1S/C9H13NOS2/c11-9(3-1-2-4-9)7-13-8-10-5-6-12-8/h5-6,11H,1-4,7H2. The molecular weight excluding hydrogens is 202 g/mol. The minimum Gasteiger partial charge on any atom is -0.389 e. The van der Waals surface area contributed by atoms with Crippen LogP contribution in [0, 0.1) is 0 Å². The van der Waals surface area contributed by atoms with Gasteiger partial charge in [0.15, 0.2) is 0 Å². The third-order valence-electron chi connectivity index (χ3n) is 2.41. The van der Waals surface area contributed by atoms with Crippen molar-refractivity contribution in [2.45, 2.75) is 35.6 Å². The van der Waals surface area contributed by atoms with E-state index >= 15 is 0 Å². The average molecular weight is 215 g/mol. The Labute approximate surface area is 86.4 Å². The first-order chi connectivity index (χ1) is 6.29. The van der Waals surface area contributed by atoms with Gasteiger partial charge in [-0.3, -0.25) is 0 Å². The smallest absolute Gasteiger partial charge is 0.149 e. The monoisotopic (exact) mass is 215 g/mol. The second-order valence-electron chi connectivity index (χ2n) is 3.52. The number of aromatic nitrogens is 1. The van der Waals surface area contributed by atoms with Gasteiger partial charge < -0.3 is 5.11 Å². The van der Waals surface area contributed by atoms with Crippen LogP contribution < -0.4 is 0 Å². The summed E-state index contributed by atoms with van der Waals surface area (Å²) >= 11 is 3.33. The molecule has 0 aromatic carbocycles. The Morgan fingerprint density at radius 2 is 2.31 bits per heavy atom. The Kier molecular flexibility index (Phi) is 2.91. The van der Waals surface area contributed by atoms with Crippen LogP contribution in [0.3, 0.4) is 0 Å². The first-order valence-electron chi connectivity index (χ1n) is 4.53. The Bertz CT molecular complexity index is 255. The fourth-order valence-electron chi connectivity index (χ4n) is 1.66. The van der Waals surface area contributed by atoms with Gasteiger partial charge in [0, 0.05) is 17.3 Å². The van der Waals surface area contributed by atoms with Crippen LogP contribution >= 0.6 is 23.1 Å². The minimum absolute atomic E-state index is 0.406. The second-order valence-corrected chi connectivity index (χ2v) is 5.64. The summed E-state index contributed by atoms with van der Waals surface area (Å²) < 4.78 is 1.07. The van der Waals surface area contributed by atoms with Gasteiger partial charge in [-0.1, -0.05) is 24.6 Å². The molecule has 2 nitrogen and oxygen atoms in total. The Balaban J connectivity index is 1.85. The molecule has 0 atom stereocenters. The predicted octanol–water partition coefficient (Wildman–Crippen LogP) is 2.54. The number of thioether (sulfide) groups is 1. The van der Waals surface area contributed by atoms with Crippen LogP contribution in [-0.4, -0.2) is 21.4 Å². The molecule has 1 aromatic rings. The molecule has 0 aliphatic heterocycles. The maximum absolute atomic E-state index is 10.0. The number of nitrogens with zero attached hydrogens (tertiary/aromatic N) is 1. The largest absolute Gasteiger partial charge is 0.389 e. The highest BCUT2D eigenvalue weighted by molar-refractivity contribution is 8.01. The van der Waals surface area contributed by atoms with Crippen LogP contribution in [0.15, 0.2) is 15.9 Å². The van der Waals surface area contributed by atoms with Crippen molar-refractivity contribution < 1.29 is 5.11 Å². The zero-order valence-corrected chi connectivity index (χ0v) is 9.03. The van der Waals surface area contributed by atoms with Crippen molar-refractivity contribution in [3.8, 4) is 0 Å². The van der Waals surface area contributed by atoms with E-state index < -0.39 is 5.60 Å². The summed E-state index contributed by atoms with van der Waals surface area (Å²) in [5.74, 6) is 0.806. The highest BCUT2D eigenvalue weighted by atomic mass is 32.2. The molecule has 13 heavy (non-hydrogen) atoms. The van der Waals surface area contributed by atoms with Crippen LogP contribution in [0.1, 0.15) is 25.7 Å². The Hall–Kier alpha value is -0.0600. The quantitative estimate of drug-likeness (QED) is 0.787. The molecule has 0 spiro atoms. The van der Waals surface area contributed by atoms with Crippen molar-refractivity contribution in [1.82, 2.24) is 4.98 Å². The zero-order valence-electron chi connectivity index (χ0n) is 7.40. The summed E-state index contributed by atoms with van der Waals surface area (Å²) in [6, 6.07) is 0. The SMILES string of the molecule is OC1(CSc2nccs2)CCCC1. The van der Waals surface area contributed by atoms with E-state index in [1.54, 1.807) is 23.1 Å². The third kappa shape index (κ3) is 2.45. The molecule has 0 saturated heterocycles. The lowest BCUT2D eigenvalue weighted by atomic mass is 10.1. The fourth-order valence-corrected chi connectivity index (χ4v) is 3.45. The van der Waals surface area contributed by atoms with E-state index in [0.717, 1.165) is 22.9 Å². The minimum atomic E-state index is -0.406. The highest BCUT2D eigenvalue weighted by Crippen LogP contribution is 2.34. The lowest BCUT2D eigenvalue weighted by Crippen LogP contribution is -2.26. The van der Waals surface area contributed by atoms with Crippen molar-refractivity contribution in [2.24, 2.45) is 0 Å². The summed E-state index contributed by atoms with van der Waals surface area (Å²) in [7, 11) is 0. The molecule has 1 N–H and O–H groups in total. The van der Waals surface area contributed by atoms with E-state index in [4.69, 9.17) is 0 Å². The molecular formula is C9H13NOS2. The maximum atomic E-state index is 10.0. The van der Waals surface area contributed by atoms with Crippen LogP contribution in [0.25, 0.3) is 0 Å². The molecule has 0 radical (unpaired) electrons. The van der Waals surface area contributed by atoms with Crippen molar-refractivity contribution in [3.05, 3.63) is 11.6 Å². The van der Waals surface area contributed by atoms with Gasteiger partial charge in [-0.05, 0) is 12.8 Å². The normalized spacial score (nSPS) is 20.7. The average Bonchev–Trinajstić information content (AvgIpc) is 2.72. The van der Waals surface area contributed by atoms with E-state index in [1.807, 2.05) is 11.6 Å². The van der Waals surface area contributed by atoms with Crippen LogP contribution in [0.2, 0.25) is 0 Å². The van der Waals surface area contributed by atoms with Gasteiger partial charge in [0.1, 0.15) is 4.34 Å². The summed E-state index contributed by atoms with van der Waals surface area (Å²) in [5.41, 5.74) is -0.406. The fraction of sp³-hybridized carbons (Fsp3) is 0.667. The topological polar surface area (TPSA) is 33.1 Å². The number of rotatable bonds is 3. The van der Waals surface area contributed by atoms with Crippen molar-refractivity contribution in [3.63, 3.8) is 0 Å². The maximum Gasteiger partial charge on any atom is 0.149 e. The molecule has 2 rings (SSSR count). The molecule has 1 heterocycles. The second kappa shape index (κ2) is 3.98. The molecule has 4 heteroatoms. The molecule has 1 fully saturated rings. The van der Waals surface area contributed by atoms with Gasteiger partial charge in [-0.15, -0.1) is 11.3 Å². The molecule has 1 saturated carbocycles. The first kappa shape index (κ1) is 9.49. The Morgan fingerprint density at radius 3 is 2.92 bits per heavy atom. The summed E-state index contributed by atoms with van der Waals surface area (Å²) in [5, 5.41) is 12.0. The molecule has 72 valence electrons. The first-order valence-corrected chi connectivity index (χ1v) is 6.40. The molecule has 1 aromatic heterocycles. The summed E-state index contributed by atoms with van der Waals surface area (Å²) in [6.07, 6.45) is 6.09. The van der Waals surface area contributed by atoms with Gasteiger partial charge in [-0.2, -0.15) is 0 Å². The predicted molar refractivity (Wildman–Crippen MR) is 56.3 cm³/mol. The van der Waals surface area contributed by atoms with Crippen LogP contribution in [0.5, 0.6) is 0 Å². The van der Waals surface area contributed by atoms with Crippen LogP contribution in [-0.2, 0) is 0 Å². The van der Waals surface area contributed by atoms with Crippen molar-refractivity contribution in [2.75, 3.05) is 5.75 Å². The van der Waals surface area contributed by atoms with Crippen molar-refractivity contribution in [1.29, 1.82) is 0 Å². The molecule has 1 aliphatic carbocycles. The number of hydrogen-bond acceptors (Lipinski definition) is 4. The van der Waals surface area contributed by atoms with E-state index in [2.05, 4.69) is 4.98 Å². The van der Waals surface area contributed by atoms with Gasteiger partial charge in [-0.25, -0.2) is 4.98 Å². The van der Waals surface area contributed by atoms with Gasteiger partial charge in [0.25, 0.3) is 0 Å². The molecule has 0 amide bonds. The summed E-state index contributed by atoms with van der Waals surface area (Å²) in [6.45, 7) is 0. The van der Waals surface area contributed by atoms with E-state index in [-0.39, 0.29) is 0 Å². The van der Waals surface area contributed by atoms with E-state index in [1.165, 1.54) is 12.8 Å². The highest BCUT2D eigenvalue weighted by Gasteiger charge is 2.31.